The third kappa shape index (κ3) is 5.45. The molecule has 0 bridgehead atoms. The van der Waals surface area contributed by atoms with Crippen molar-refractivity contribution in [3.63, 3.8) is 0 Å². The molecule has 6 atom stereocenters. The second-order valence-electron chi connectivity index (χ2n) is 11.2. The van der Waals surface area contributed by atoms with E-state index < -0.39 is 41.9 Å². The third-order valence-corrected chi connectivity index (χ3v) is 10.4. The fourth-order valence-electron chi connectivity index (χ4n) is 6.74. The van der Waals surface area contributed by atoms with Crippen LogP contribution in [-0.2, 0) is 10.2 Å². The highest BCUT2D eigenvalue weighted by molar-refractivity contribution is 9.10. The lowest BCUT2D eigenvalue weighted by molar-refractivity contribution is -0.204. The molecular weight excluding hydrogens is 645 g/mol. The summed E-state index contributed by atoms with van der Waals surface area (Å²) >= 11 is 21.6. The van der Waals surface area contributed by atoms with Crippen molar-refractivity contribution >= 4 is 56.7 Å². The van der Waals surface area contributed by atoms with E-state index >= 15 is 13.2 Å². The van der Waals surface area contributed by atoms with Crippen LogP contribution in [0.2, 0.25) is 15.1 Å². The number of carboxylic acid groups (broad SMARTS) is 1. The standard InChI is InChI=1S/C28H29BrCl3F4NO2/c1-13(2)17-6-4-14(3)8-22(17)37-12-27(28(34,35)36,16-10-19(30)24(32)20(31)11-16)23(26(38)39)25(37)15-5-7-21(33)18(29)9-15/h5,7,9-11,13-14,17,22-23,25H,4,6,8,12H2,1-3H3,(H,38,39)/t14-,17+,22-,23+,25-,27+/m1/s1. The molecule has 1 aliphatic carbocycles. The lowest BCUT2D eigenvalue weighted by atomic mass is 9.68. The molecule has 2 aliphatic rings. The van der Waals surface area contributed by atoms with Crippen molar-refractivity contribution in [3.8, 4) is 0 Å². The van der Waals surface area contributed by atoms with Gasteiger partial charge in [-0.05, 0) is 81.9 Å². The molecule has 1 aliphatic heterocycles. The minimum absolute atomic E-state index is 0.0449. The molecule has 1 saturated heterocycles. The second kappa shape index (κ2) is 11.3. The van der Waals surface area contributed by atoms with E-state index in [2.05, 4.69) is 22.9 Å². The van der Waals surface area contributed by atoms with Gasteiger partial charge in [0.15, 0.2) is 0 Å². The number of hydrogen-bond donors (Lipinski definition) is 1. The summed E-state index contributed by atoms with van der Waals surface area (Å²) in [6.45, 7) is 5.52. The molecule has 4 rings (SSSR count). The molecule has 3 nitrogen and oxygen atoms in total. The van der Waals surface area contributed by atoms with E-state index in [1.807, 2.05) is 13.8 Å². The summed E-state index contributed by atoms with van der Waals surface area (Å²) in [4.78, 5) is 14.7. The lowest BCUT2D eigenvalue weighted by Crippen LogP contribution is -2.52. The molecule has 2 aromatic rings. The number of hydrogen-bond acceptors (Lipinski definition) is 2. The van der Waals surface area contributed by atoms with Crippen molar-refractivity contribution in [2.24, 2.45) is 23.7 Å². The van der Waals surface area contributed by atoms with Crippen LogP contribution in [0.3, 0.4) is 0 Å². The zero-order valence-electron chi connectivity index (χ0n) is 21.5. The van der Waals surface area contributed by atoms with Crippen LogP contribution in [0, 0.1) is 29.5 Å². The van der Waals surface area contributed by atoms with Crippen LogP contribution >= 0.6 is 50.7 Å². The Morgan fingerprint density at radius 2 is 1.74 bits per heavy atom. The van der Waals surface area contributed by atoms with Gasteiger partial charge in [-0.2, -0.15) is 13.2 Å². The zero-order valence-corrected chi connectivity index (χ0v) is 25.4. The van der Waals surface area contributed by atoms with E-state index in [-0.39, 0.29) is 54.5 Å². The van der Waals surface area contributed by atoms with Gasteiger partial charge in [0.25, 0.3) is 0 Å². The van der Waals surface area contributed by atoms with Gasteiger partial charge in [-0.1, -0.05) is 68.1 Å². The number of likely N-dealkylation sites (tertiary alicyclic amines) is 1. The SMILES string of the molecule is CC(C)[C@@H]1CC[C@@H](C)C[C@H]1N1C[C@@](c2cc(Cl)c(Cl)c(Cl)c2)(C(F)(F)F)[C@H](C(=O)O)[C@H]1c1ccc(F)c(Br)c1. The molecule has 1 heterocycles. The number of halogens is 8. The maximum Gasteiger partial charge on any atom is 0.400 e. The Kier molecular flexibility index (Phi) is 8.96. The third-order valence-electron chi connectivity index (χ3n) is 8.61. The molecule has 2 fully saturated rings. The quantitative estimate of drug-likeness (QED) is 0.254. The molecule has 0 radical (unpaired) electrons. The van der Waals surface area contributed by atoms with E-state index in [0.29, 0.717) is 6.42 Å². The molecule has 1 saturated carbocycles. The molecule has 0 amide bonds. The minimum atomic E-state index is -5.01. The van der Waals surface area contributed by atoms with Gasteiger partial charge in [-0.25, -0.2) is 4.39 Å². The van der Waals surface area contributed by atoms with Crippen LogP contribution in [-0.4, -0.2) is 34.7 Å². The van der Waals surface area contributed by atoms with Crippen LogP contribution in [0.25, 0.3) is 0 Å². The van der Waals surface area contributed by atoms with E-state index in [9.17, 15) is 14.3 Å². The first-order valence-corrected chi connectivity index (χ1v) is 14.7. The van der Waals surface area contributed by atoms with Crippen molar-refractivity contribution in [2.45, 2.75) is 63.7 Å². The van der Waals surface area contributed by atoms with Gasteiger partial charge < -0.3 is 5.11 Å². The Morgan fingerprint density at radius 1 is 1.13 bits per heavy atom. The number of alkyl halides is 3. The summed E-state index contributed by atoms with van der Waals surface area (Å²) in [5, 5.41) is 10.1. The number of rotatable bonds is 5. The van der Waals surface area contributed by atoms with Crippen LogP contribution in [0.1, 0.15) is 57.2 Å². The van der Waals surface area contributed by atoms with Crippen molar-refractivity contribution in [1.29, 1.82) is 0 Å². The number of nitrogens with zero attached hydrogens (tertiary/aromatic N) is 1. The number of aliphatic carboxylic acids is 1. The van der Waals surface area contributed by atoms with Crippen LogP contribution in [0.4, 0.5) is 17.6 Å². The molecule has 214 valence electrons. The summed E-state index contributed by atoms with van der Waals surface area (Å²) in [7, 11) is 0. The maximum absolute atomic E-state index is 15.5. The van der Waals surface area contributed by atoms with Gasteiger partial charge in [0.1, 0.15) is 11.2 Å². The first-order chi connectivity index (χ1) is 18.1. The number of carbonyl (C=O) groups is 1. The summed E-state index contributed by atoms with van der Waals surface area (Å²) in [6.07, 6.45) is -2.64. The Bertz CT molecular complexity index is 1240. The summed E-state index contributed by atoms with van der Waals surface area (Å²) in [6, 6.07) is 4.52. The van der Waals surface area contributed by atoms with Crippen LogP contribution in [0.5, 0.6) is 0 Å². The highest BCUT2D eigenvalue weighted by atomic mass is 79.9. The van der Waals surface area contributed by atoms with Crippen LogP contribution in [0.15, 0.2) is 34.8 Å². The Hall–Kier alpha value is -1.06. The van der Waals surface area contributed by atoms with Crippen molar-refractivity contribution in [2.75, 3.05) is 6.54 Å². The minimum Gasteiger partial charge on any atom is -0.481 e. The van der Waals surface area contributed by atoms with E-state index in [1.54, 1.807) is 4.90 Å². The fraction of sp³-hybridized carbons (Fsp3) is 0.536. The van der Waals surface area contributed by atoms with Gasteiger partial charge in [0.2, 0.25) is 0 Å². The monoisotopic (exact) mass is 671 g/mol. The van der Waals surface area contributed by atoms with E-state index in [4.69, 9.17) is 34.8 Å². The normalized spacial score (nSPS) is 30.2. The molecule has 0 unspecified atom stereocenters. The van der Waals surface area contributed by atoms with Crippen LogP contribution < -0.4 is 0 Å². The molecular formula is C28H29BrCl3F4NO2. The zero-order chi connectivity index (χ0) is 29.0. The Morgan fingerprint density at radius 3 is 2.26 bits per heavy atom. The summed E-state index contributed by atoms with van der Waals surface area (Å²) in [5.74, 6) is -3.75. The maximum atomic E-state index is 15.5. The predicted molar refractivity (Wildman–Crippen MR) is 149 cm³/mol. The van der Waals surface area contributed by atoms with Crippen molar-refractivity contribution < 1.29 is 27.5 Å². The van der Waals surface area contributed by atoms with E-state index in [0.717, 1.165) is 31.0 Å². The van der Waals surface area contributed by atoms with Crippen molar-refractivity contribution in [1.82, 2.24) is 4.90 Å². The van der Waals surface area contributed by atoms with Gasteiger partial charge >= 0.3 is 12.1 Å². The summed E-state index contributed by atoms with van der Waals surface area (Å²) in [5.41, 5.74) is -2.95. The second-order valence-corrected chi connectivity index (χ2v) is 13.3. The average molecular weight is 674 g/mol. The van der Waals surface area contributed by atoms with Gasteiger partial charge in [-0.3, -0.25) is 9.69 Å². The lowest BCUT2D eigenvalue weighted by Gasteiger charge is -2.45. The first kappa shape index (κ1) is 30.9. The molecule has 2 aromatic carbocycles. The molecule has 0 spiro atoms. The summed E-state index contributed by atoms with van der Waals surface area (Å²) < 4.78 is 60.8. The van der Waals surface area contributed by atoms with Crippen molar-refractivity contribution in [3.05, 3.63) is 66.8 Å². The highest BCUT2D eigenvalue weighted by Crippen LogP contribution is 2.60. The Labute approximate surface area is 248 Å². The Balaban J connectivity index is 2.04. The average Bonchev–Trinajstić information content (AvgIpc) is 3.21. The topological polar surface area (TPSA) is 40.5 Å². The number of carboxylic acids is 1. The smallest absolute Gasteiger partial charge is 0.400 e. The first-order valence-electron chi connectivity index (χ1n) is 12.7. The molecule has 1 N–H and O–H groups in total. The fourth-order valence-corrected chi connectivity index (χ4v) is 7.73. The van der Waals surface area contributed by atoms with Gasteiger partial charge in [0.05, 0.1) is 25.5 Å². The number of benzene rings is 2. The molecule has 11 heteroatoms. The van der Waals surface area contributed by atoms with E-state index in [1.165, 1.54) is 12.1 Å². The molecule has 39 heavy (non-hydrogen) atoms. The molecule has 0 aromatic heterocycles. The highest BCUT2D eigenvalue weighted by Gasteiger charge is 2.71. The largest absolute Gasteiger partial charge is 0.481 e. The van der Waals surface area contributed by atoms with Gasteiger partial charge in [0, 0.05) is 18.6 Å². The predicted octanol–water partition coefficient (Wildman–Crippen LogP) is 9.57. The van der Waals surface area contributed by atoms with Gasteiger partial charge in [-0.15, -0.1) is 0 Å².